The lowest BCUT2D eigenvalue weighted by molar-refractivity contribution is -0.387. The lowest BCUT2D eigenvalue weighted by Crippen LogP contribution is -2.42. The number of aromatic nitrogens is 2. The van der Waals surface area contributed by atoms with E-state index < -0.39 is 21.9 Å². The molecule has 1 fully saturated rings. The maximum atomic E-state index is 12.2. The van der Waals surface area contributed by atoms with Gasteiger partial charge in [-0.1, -0.05) is 6.92 Å². The zero-order valence-electron chi connectivity index (χ0n) is 11.1. The van der Waals surface area contributed by atoms with Crippen LogP contribution in [0.25, 0.3) is 0 Å². The standard InChI is InChI=1S/C12H17N3O4/c1-3-6-13-11(16)10(15(18)19)8(2)14(12(13)17)7-9-4-5-9/h9H,3-7H2,1-2H3. The first-order valence-electron chi connectivity index (χ1n) is 6.46. The Morgan fingerprint density at radius 2 is 1.95 bits per heavy atom. The third kappa shape index (κ3) is 2.45. The summed E-state index contributed by atoms with van der Waals surface area (Å²) in [5.41, 5.74) is -1.53. The highest BCUT2D eigenvalue weighted by molar-refractivity contribution is 5.32. The Balaban J connectivity index is 2.68. The second kappa shape index (κ2) is 4.99. The lowest BCUT2D eigenvalue weighted by atomic mass is 10.3. The number of hydrogen-bond acceptors (Lipinski definition) is 4. The Bertz CT molecular complexity index is 625. The van der Waals surface area contributed by atoms with E-state index in [1.807, 2.05) is 6.92 Å². The molecule has 0 amide bonds. The lowest BCUT2D eigenvalue weighted by Gasteiger charge is -2.12. The normalized spacial score (nSPS) is 14.6. The first-order chi connectivity index (χ1) is 8.97. The van der Waals surface area contributed by atoms with E-state index in [0.717, 1.165) is 17.4 Å². The van der Waals surface area contributed by atoms with Crippen LogP contribution in [0.1, 0.15) is 31.9 Å². The second-order valence-electron chi connectivity index (χ2n) is 4.98. The maximum Gasteiger partial charge on any atom is 0.353 e. The average Bonchev–Trinajstić information content (AvgIpc) is 3.14. The molecule has 1 heterocycles. The van der Waals surface area contributed by atoms with Crippen molar-refractivity contribution in [2.24, 2.45) is 5.92 Å². The molecule has 104 valence electrons. The first kappa shape index (κ1) is 13.5. The van der Waals surface area contributed by atoms with Gasteiger partial charge < -0.3 is 0 Å². The molecule has 2 rings (SSSR count). The summed E-state index contributed by atoms with van der Waals surface area (Å²) >= 11 is 0. The highest BCUT2D eigenvalue weighted by Gasteiger charge is 2.28. The van der Waals surface area contributed by atoms with Crippen LogP contribution in [0, 0.1) is 23.0 Å². The monoisotopic (exact) mass is 267 g/mol. The van der Waals surface area contributed by atoms with Crippen molar-refractivity contribution >= 4 is 5.69 Å². The van der Waals surface area contributed by atoms with Crippen LogP contribution < -0.4 is 11.2 Å². The minimum absolute atomic E-state index is 0.166. The van der Waals surface area contributed by atoms with Gasteiger partial charge in [-0.05, 0) is 32.1 Å². The summed E-state index contributed by atoms with van der Waals surface area (Å²) in [6.45, 7) is 3.97. The van der Waals surface area contributed by atoms with Crippen LogP contribution in [0.15, 0.2) is 9.59 Å². The molecule has 0 spiro atoms. The van der Waals surface area contributed by atoms with Gasteiger partial charge in [-0.15, -0.1) is 0 Å². The first-order valence-corrected chi connectivity index (χ1v) is 6.46. The van der Waals surface area contributed by atoms with Crippen molar-refractivity contribution in [1.29, 1.82) is 0 Å². The number of nitro groups is 1. The van der Waals surface area contributed by atoms with Gasteiger partial charge in [0.05, 0.1) is 4.92 Å². The van der Waals surface area contributed by atoms with E-state index in [9.17, 15) is 19.7 Å². The summed E-state index contributed by atoms with van der Waals surface area (Å²) in [5.74, 6) is 0.406. The number of hydrogen-bond donors (Lipinski definition) is 0. The SMILES string of the molecule is CCCn1c(=O)c([N+](=O)[O-])c(C)n(CC2CC2)c1=O. The zero-order valence-corrected chi connectivity index (χ0v) is 11.1. The molecule has 1 aliphatic carbocycles. The molecular weight excluding hydrogens is 250 g/mol. The topological polar surface area (TPSA) is 87.1 Å². The van der Waals surface area contributed by atoms with Crippen molar-refractivity contribution in [2.75, 3.05) is 0 Å². The molecule has 19 heavy (non-hydrogen) atoms. The molecule has 7 nitrogen and oxygen atoms in total. The van der Waals surface area contributed by atoms with Crippen molar-refractivity contribution in [3.05, 3.63) is 36.6 Å². The molecule has 0 unspecified atom stereocenters. The minimum Gasteiger partial charge on any atom is -0.291 e. The molecule has 1 saturated carbocycles. The Morgan fingerprint density at radius 3 is 2.42 bits per heavy atom. The fraction of sp³-hybridized carbons (Fsp3) is 0.667. The van der Waals surface area contributed by atoms with Crippen LogP contribution in [-0.4, -0.2) is 14.1 Å². The van der Waals surface area contributed by atoms with Crippen LogP contribution in [-0.2, 0) is 13.1 Å². The van der Waals surface area contributed by atoms with E-state index in [4.69, 9.17) is 0 Å². The summed E-state index contributed by atoms with van der Waals surface area (Å²) in [5, 5.41) is 11.0. The molecule has 0 N–H and O–H groups in total. The van der Waals surface area contributed by atoms with Crippen LogP contribution >= 0.6 is 0 Å². The van der Waals surface area contributed by atoms with Gasteiger partial charge >= 0.3 is 16.9 Å². The van der Waals surface area contributed by atoms with Gasteiger partial charge in [-0.25, -0.2) is 4.79 Å². The van der Waals surface area contributed by atoms with Gasteiger partial charge in [0.1, 0.15) is 5.69 Å². The Morgan fingerprint density at radius 1 is 1.32 bits per heavy atom. The van der Waals surface area contributed by atoms with E-state index in [0.29, 0.717) is 18.9 Å². The highest BCUT2D eigenvalue weighted by atomic mass is 16.6. The van der Waals surface area contributed by atoms with E-state index in [-0.39, 0.29) is 12.2 Å². The van der Waals surface area contributed by atoms with Crippen molar-refractivity contribution in [2.45, 2.75) is 46.2 Å². The molecule has 7 heteroatoms. The van der Waals surface area contributed by atoms with Gasteiger partial charge in [0, 0.05) is 13.1 Å². The third-order valence-electron chi connectivity index (χ3n) is 3.42. The second-order valence-corrected chi connectivity index (χ2v) is 4.98. The molecule has 0 aromatic carbocycles. The highest BCUT2D eigenvalue weighted by Crippen LogP contribution is 2.30. The summed E-state index contributed by atoms with van der Waals surface area (Å²) in [6.07, 6.45) is 2.65. The smallest absolute Gasteiger partial charge is 0.291 e. The maximum absolute atomic E-state index is 12.2. The van der Waals surface area contributed by atoms with E-state index in [2.05, 4.69) is 0 Å². The summed E-state index contributed by atoms with van der Waals surface area (Å²) in [6, 6.07) is 0. The molecule has 0 saturated heterocycles. The van der Waals surface area contributed by atoms with Gasteiger partial charge in [0.2, 0.25) is 0 Å². The van der Waals surface area contributed by atoms with Crippen molar-refractivity contribution < 1.29 is 4.92 Å². The Labute approximate surface area is 109 Å². The molecule has 1 aromatic rings. The van der Waals surface area contributed by atoms with Gasteiger partial charge in [0.25, 0.3) is 0 Å². The fourth-order valence-electron chi connectivity index (χ4n) is 2.19. The Kier molecular flexibility index (Phi) is 3.55. The van der Waals surface area contributed by atoms with E-state index in [1.54, 1.807) is 0 Å². The minimum atomic E-state index is -0.790. The largest absolute Gasteiger partial charge is 0.353 e. The third-order valence-corrected chi connectivity index (χ3v) is 3.42. The molecule has 0 aliphatic heterocycles. The molecule has 1 aromatic heterocycles. The fourth-order valence-corrected chi connectivity index (χ4v) is 2.19. The number of rotatable bonds is 5. The van der Waals surface area contributed by atoms with Crippen LogP contribution in [0.3, 0.4) is 0 Å². The summed E-state index contributed by atoms with van der Waals surface area (Å²) < 4.78 is 2.36. The van der Waals surface area contributed by atoms with Crippen molar-refractivity contribution in [3.63, 3.8) is 0 Å². The average molecular weight is 267 g/mol. The molecule has 0 bridgehead atoms. The van der Waals surface area contributed by atoms with Crippen molar-refractivity contribution in [3.8, 4) is 0 Å². The quantitative estimate of drug-likeness (QED) is 0.589. The summed E-state index contributed by atoms with van der Waals surface area (Å²) in [7, 11) is 0. The molecule has 0 radical (unpaired) electrons. The molecular formula is C12H17N3O4. The predicted molar refractivity (Wildman–Crippen MR) is 69.4 cm³/mol. The predicted octanol–water partition coefficient (Wildman–Crippen LogP) is 1.05. The molecule has 1 aliphatic rings. The Hall–Kier alpha value is -1.92. The van der Waals surface area contributed by atoms with E-state index in [1.165, 1.54) is 11.5 Å². The van der Waals surface area contributed by atoms with Gasteiger partial charge in [-0.2, -0.15) is 0 Å². The summed E-state index contributed by atoms with van der Waals surface area (Å²) in [4.78, 5) is 34.6. The van der Waals surface area contributed by atoms with Crippen LogP contribution in [0.4, 0.5) is 5.69 Å². The zero-order chi connectivity index (χ0) is 14.2. The van der Waals surface area contributed by atoms with Crippen molar-refractivity contribution in [1.82, 2.24) is 9.13 Å². The van der Waals surface area contributed by atoms with Gasteiger partial charge in [-0.3, -0.25) is 24.0 Å². The van der Waals surface area contributed by atoms with Gasteiger partial charge in [0.15, 0.2) is 0 Å². The molecule has 0 atom stereocenters. The van der Waals surface area contributed by atoms with E-state index >= 15 is 0 Å². The van der Waals surface area contributed by atoms with Crippen LogP contribution in [0.5, 0.6) is 0 Å². The van der Waals surface area contributed by atoms with Crippen LogP contribution in [0.2, 0.25) is 0 Å². The number of nitrogens with zero attached hydrogens (tertiary/aromatic N) is 3.